The van der Waals surface area contributed by atoms with E-state index in [4.69, 9.17) is 4.52 Å². The van der Waals surface area contributed by atoms with Crippen LogP contribution >= 0.6 is 12.4 Å². The Kier molecular flexibility index (Phi) is 7.07. The van der Waals surface area contributed by atoms with Gasteiger partial charge in [0.2, 0.25) is 5.91 Å². The van der Waals surface area contributed by atoms with E-state index < -0.39 is 11.2 Å². The number of anilines is 1. The standard InChI is InChI=1S/C17H23FN4O2.ClH/c1-10(19-5)8-14-21-15(24-22-14)12-9-11(6-7-13(12)18)20-16(23)17(2,3)4;/h6-7,9-10,19H,8H2,1-5H3,(H,20,23);1H. The van der Waals surface area contributed by atoms with Gasteiger partial charge in [-0.25, -0.2) is 4.39 Å². The van der Waals surface area contributed by atoms with E-state index in [0.29, 0.717) is 17.9 Å². The zero-order chi connectivity index (χ0) is 17.9. The first-order valence-corrected chi connectivity index (χ1v) is 7.82. The van der Waals surface area contributed by atoms with Gasteiger partial charge in [0.25, 0.3) is 5.89 Å². The third kappa shape index (κ3) is 5.51. The third-order valence-corrected chi connectivity index (χ3v) is 3.59. The molecule has 0 fully saturated rings. The SMILES string of the molecule is CNC(C)Cc1noc(-c2cc(NC(=O)C(C)(C)C)ccc2F)n1.Cl. The van der Waals surface area contributed by atoms with E-state index in [2.05, 4.69) is 20.8 Å². The summed E-state index contributed by atoms with van der Waals surface area (Å²) in [6, 6.07) is 4.45. The van der Waals surface area contributed by atoms with E-state index in [-0.39, 0.29) is 35.8 Å². The third-order valence-electron chi connectivity index (χ3n) is 3.59. The van der Waals surface area contributed by atoms with Crippen molar-refractivity contribution < 1.29 is 13.7 Å². The van der Waals surface area contributed by atoms with Gasteiger partial charge in [-0.2, -0.15) is 4.98 Å². The van der Waals surface area contributed by atoms with E-state index in [1.54, 1.807) is 20.8 Å². The van der Waals surface area contributed by atoms with Crippen molar-refractivity contribution in [1.29, 1.82) is 0 Å². The fraction of sp³-hybridized carbons (Fsp3) is 0.471. The number of aromatic nitrogens is 2. The largest absolute Gasteiger partial charge is 0.334 e. The highest BCUT2D eigenvalue weighted by molar-refractivity contribution is 5.94. The van der Waals surface area contributed by atoms with Gasteiger partial charge < -0.3 is 15.2 Å². The van der Waals surface area contributed by atoms with Crippen molar-refractivity contribution in [2.24, 2.45) is 5.41 Å². The Morgan fingerprint density at radius 1 is 1.36 bits per heavy atom. The molecule has 0 radical (unpaired) electrons. The molecule has 1 atom stereocenters. The topological polar surface area (TPSA) is 80.0 Å². The van der Waals surface area contributed by atoms with Gasteiger partial charge in [0.1, 0.15) is 5.82 Å². The molecule has 0 aliphatic carbocycles. The maximum atomic E-state index is 14.1. The van der Waals surface area contributed by atoms with Gasteiger partial charge in [0.15, 0.2) is 5.82 Å². The summed E-state index contributed by atoms with van der Waals surface area (Å²) < 4.78 is 19.3. The number of hydrogen-bond donors (Lipinski definition) is 2. The molecule has 0 aliphatic rings. The van der Waals surface area contributed by atoms with Crippen LogP contribution in [0.4, 0.5) is 10.1 Å². The van der Waals surface area contributed by atoms with Gasteiger partial charge in [-0.3, -0.25) is 4.79 Å². The lowest BCUT2D eigenvalue weighted by atomic mass is 9.95. The molecule has 2 N–H and O–H groups in total. The average molecular weight is 371 g/mol. The fourth-order valence-corrected chi connectivity index (χ4v) is 1.91. The van der Waals surface area contributed by atoms with Crippen LogP contribution in [0, 0.1) is 11.2 Å². The van der Waals surface area contributed by atoms with Gasteiger partial charge in [-0.1, -0.05) is 25.9 Å². The number of benzene rings is 1. The normalized spacial score (nSPS) is 12.4. The van der Waals surface area contributed by atoms with Gasteiger partial charge >= 0.3 is 0 Å². The van der Waals surface area contributed by atoms with Crippen LogP contribution in [0.25, 0.3) is 11.5 Å². The molecule has 1 aromatic carbocycles. The van der Waals surface area contributed by atoms with Crippen LogP contribution in [0.5, 0.6) is 0 Å². The van der Waals surface area contributed by atoms with E-state index in [1.165, 1.54) is 18.2 Å². The molecule has 0 aliphatic heterocycles. The second kappa shape index (κ2) is 8.40. The molecule has 0 saturated carbocycles. The number of halogens is 2. The van der Waals surface area contributed by atoms with Crippen molar-refractivity contribution in [3.05, 3.63) is 29.8 Å². The fourth-order valence-electron chi connectivity index (χ4n) is 1.91. The molecule has 2 rings (SSSR count). The van der Waals surface area contributed by atoms with Crippen LogP contribution in [0.15, 0.2) is 22.7 Å². The molecule has 25 heavy (non-hydrogen) atoms. The van der Waals surface area contributed by atoms with E-state index in [0.717, 1.165) is 0 Å². The van der Waals surface area contributed by atoms with Gasteiger partial charge in [0.05, 0.1) is 5.56 Å². The van der Waals surface area contributed by atoms with Crippen molar-refractivity contribution in [1.82, 2.24) is 15.5 Å². The summed E-state index contributed by atoms with van der Waals surface area (Å²) in [4.78, 5) is 16.3. The lowest BCUT2D eigenvalue weighted by molar-refractivity contribution is -0.123. The average Bonchev–Trinajstić information content (AvgIpc) is 2.96. The smallest absolute Gasteiger partial charge is 0.260 e. The molecule has 0 bridgehead atoms. The summed E-state index contributed by atoms with van der Waals surface area (Å²) in [5, 5.41) is 9.71. The minimum absolute atomic E-state index is 0. The minimum Gasteiger partial charge on any atom is -0.334 e. The molecule has 2 aromatic rings. The quantitative estimate of drug-likeness (QED) is 0.842. The number of likely N-dealkylation sites (N-methyl/N-ethyl adjacent to an activating group) is 1. The Morgan fingerprint density at radius 2 is 2.04 bits per heavy atom. The highest BCUT2D eigenvalue weighted by Gasteiger charge is 2.22. The van der Waals surface area contributed by atoms with Gasteiger partial charge in [-0.05, 0) is 32.2 Å². The number of carbonyl (C=O) groups is 1. The number of nitrogens with zero attached hydrogens (tertiary/aromatic N) is 2. The predicted octanol–water partition coefficient (Wildman–Crippen LogP) is 3.43. The zero-order valence-electron chi connectivity index (χ0n) is 15.0. The van der Waals surface area contributed by atoms with Gasteiger partial charge in [0, 0.05) is 23.6 Å². The van der Waals surface area contributed by atoms with Crippen molar-refractivity contribution in [2.75, 3.05) is 12.4 Å². The summed E-state index contributed by atoms with van der Waals surface area (Å²) in [5.41, 5.74) is 0.0995. The Morgan fingerprint density at radius 3 is 2.64 bits per heavy atom. The Balaban J connectivity index is 0.00000312. The summed E-state index contributed by atoms with van der Waals surface area (Å²) >= 11 is 0. The maximum Gasteiger partial charge on any atom is 0.260 e. The molecule has 0 spiro atoms. The number of hydrogen-bond acceptors (Lipinski definition) is 5. The van der Waals surface area contributed by atoms with Crippen LogP contribution in [0.1, 0.15) is 33.5 Å². The van der Waals surface area contributed by atoms with Crippen LogP contribution < -0.4 is 10.6 Å². The van der Waals surface area contributed by atoms with E-state index >= 15 is 0 Å². The minimum atomic E-state index is -0.546. The lowest BCUT2D eigenvalue weighted by Crippen LogP contribution is -2.27. The van der Waals surface area contributed by atoms with Crippen LogP contribution in [-0.4, -0.2) is 29.1 Å². The number of carbonyl (C=O) groups excluding carboxylic acids is 1. The van der Waals surface area contributed by atoms with E-state index in [1.807, 2.05) is 14.0 Å². The molecule has 1 aromatic heterocycles. The summed E-state index contributed by atoms with van der Waals surface area (Å²) in [7, 11) is 1.84. The zero-order valence-corrected chi connectivity index (χ0v) is 15.8. The molecular weight excluding hydrogens is 347 g/mol. The molecule has 138 valence electrons. The molecule has 8 heteroatoms. The Hall–Kier alpha value is -1.99. The molecule has 1 amide bonds. The highest BCUT2D eigenvalue weighted by Crippen LogP contribution is 2.26. The molecular formula is C17H24ClFN4O2. The Labute approximate surface area is 153 Å². The van der Waals surface area contributed by atoms with Crippen LogP contribution in [0.2, 0.25) is 0 Å². The number of amides is 1. The van der Waals surface area contributed by atoms with Crippen molar-refractivity contribution >= 4 is 24.0 Å². The van der Waals surface area contributed by atoms with Crippen molar-refractivity contribution in [2.45, 2.75) is 40.2 Å². The highest BCUT2D eigenvalue weighted by atomic mass is 35.5. The summed E-state index contributed by atoms with van der Waals surface area (Å²) in [6.45, 7) is 7.40. The summed E-state index contributed by atoms with van der Waals surface area (Å²) in [6.07, 6.45) is 0.571. The van der Waals surface area contributed by atoms with Crippen LogP contribution in [0.3, 0.4) is 0 Å². The molecule has 6 nitrogen and oxygen atoms in total. The molecule has 1 heterocycles. The number of rotatable bonds is 5. The number of nitrogens with one attached hydrogen (secondary N) is 2. The first kappa shape index (κ1) is 21.1. The van der Waals surface area contributed by atoms with E-state index in [9.17, 15) is 9.18 Å². The first-order chi connectivity index (χ1) is 11.2. The van der Waals surface area contributed by atoms with Crippen molar-refractivity contribution in [3.63, 3.8) is 0 Å². The second-order valence-electron chi connectivity index (χ2n) is 6.81. The van der Waals surface area contributed by atoms with Crippen LogP contribution in [-0.2, 0) is 11.2 Å². The monoisotopic (exact) mass is 370 g/mol. The Bertz CT molecular complexity index is 728. The second-order valence-corrected chi connectivity index (χ2v) is 6.81. The predicted molar refractivity (Wildman–Crippen MR) is 97.3 cm³/mol. The first-order valence-electron chi connectivity index (χ1n) is 7.82. The van der Waals surface area contributed by atoms with Gasteiger partial charge in [-0.15, -0.1) is 12.4 Å². The lowest BCUT2D eigenvalue weighted by Gasteiger charge is -2.17. The van der Waals surface area contributed by atoms with Crippen molar-refractivity contribution in [3.8, 4) is 11.5 Å². The summed E-state index contributed by atoms with van der Waals surface area (Å²) in [5.74, 6) is -0.0530. The maximum absolute atomic E-state index is 14.1. The molecule has 0 saturated heterocycles. The molecule has 1 unspecified atom stereocenters.